The zero-order chi connectivity index (χ0) is 59.1. The Morgan fingerprint density at radius 1 is 0.432 bits per heavy atom. The number of carbonyl (C=O) groups excluding carboxylic acids is 1. The Kier molecular flexibility index (Phi) is 61.3. The lowest BCUT2D eigenvalue weighted by molar-refractivity contribution is -0.870. The lowest BCUT2D eigenvalue weighted by Crippen LogP contribution is -2.45. The minimum absolute atomic E-state index is 0.00852. The van der Waals surface area contributed by atoms with Gasteiger partial charge in [0.05, 0.1) is 39.9 Å². The van der Waals surface area contributed by atoms with Crippen molar-refractivity contribution in [1.29, 1.82) is 0 Å². The number of nitrogens with one attached hydrogen (secondary N) is 1. The molecule has 0 radical (unpaired) electrons. The summed E-state index contributed by atoms with van der Waals surface area (Å²) in [5.41, 5.74) is 0. The fourth-order valence-electron chi connectivity index (χ4n) is 10.5. The molecular formula is C72H137N2O6P. The number of amides is 1. The molecule has 3 atom stereocenters. The molecule has 0 bridgehead atoms. The molecule has 0 aromatic heterocycles. The second kappa shape index (κ2) is 62.7. The fourth-order valence-corrected chi connectivity index (χ4v) is 11.2. The van der Waals surface area contributed by atoms with Crippen LogP contribution in [0.5, 0.6) is 0 Å². The Morgan fingerprint density at radius 3 is 1.07 bits per heavy atom. The van der Waals surface area contributed by atoms with Gasteiger partial charge >= 0.3 is 0 Å². The van der Waals surface area contributed by atoms with Crippen molar-refractivity contribution in [3.8, 4) is 0 Å². The predicted octanol–water partition coefficient (Wildman–Crippen LogP) is 21.8. The Balaban J connectivity index is 4.02. The number of quaternary nitrogens is 1. The molecule has 0 saturated carbocycles. The van der Waals surface area contributed by atoms with Gasteiger partial charge in [0.25, 0.3) is 7.82 Å². The smallest absolute Gasteiger partial charge is 0.268 e. The van der Waals surface area contributed by atoms with Crippen LogP contribution in [-0.2, 0) is 18.4 Å². The minimum atomic E-state index is -4.61. The molecule has 0 spiro atoms. The summed E-state index contributed by atoms with van der Waals surface area (Å²) in [5.74, 6) is -0.206. The number of unbranched alkanes of at least 4 members (excludes halogenated alkanes) is 44. The maximum atomic E-state index is 13.0. The van der Waals surface area contributed by atoms with Crippen molar-refractivity contribution >= 4 is 13.7 Å². The van der Waals surface area contributed by atoms with E-state index in [-0.39, 0.29) is 12.5 Å². The van der Waals surface area contributed by atoms with Crippen LogP contribution < -0.4 is 10.2 Å². The van der Waals surface area contributed by atoms with Gasteiger partial charge in [0.2, 0.25) is 5.91 Å². The number of hydrogen-bond acceptors (Lipinski definition) is 6. The highest BCUT2D eigenvalue weighted by Crippen LogP contribution is 2.38. The number of phosphoric acid groups is 1. The predicted molar refractivity (Wildman–Crippen MR) is 353 cm³/mol. The van der Waals surface area contributed by atoms with E-state index >= 15 is 0 Å². The molecule has 0 rings (SSSR count). The molecule has 9 heteroatoms. The third-order valence-corrected chi connectivity index (χ3v) is 16.9. The van der Waals surface area contributed by atoms with Gasteiger partial charge in [-0.25, -0.2) is 0 Å². The normalized spacial score (nSPS) is 14.0. The molecule has 476 valence electrons. The molecule has 0 aromatic carbocycles. The van der Waals surface area contributed by atoms with Crippen LogP contribution in [0.3, 0.4) is 0 Å². The van der Waals surface area contributed by atoms with Crippen LogP contribution in [0.4, 0.5) is 0 Å². The van der Waals surface area contributed by atoms with Crippen molar-refractivity contribution in [1.82, 2.24) is 5.32 Å². The van der Waals surface area contributed by atoms with E-state index in [1.165, 1.54) is 270 Å². The molecule has 0 aliphatic heterocycles. The topological polar surface area (TPSA) is 108 Å². The van der Waals surface area contributed by atoms with Gasteiger partial charge in [-0.3, -0.25) is 9.36 Å². The first-order valence-electron chi connectivity index (χ1n) is 35.2. The molecule has 0 aliphatic carbocycles. The van der Waals surface area contributed by atoms with Crippen LogP contribution in [-0.4, -0.2) is 68.5 Å². The molecule has 0 fully saturated rings. The Labute approximate surface area is 504 Å². The van der Waals surface area contributed by atoms with Crippen LogP contribution >= 0.6 is 7.82 Å². The summed E-state index contributed by atoms with van der Waals surface area (Å²) in [6.45, 7) is 4.65. The number of aliphatic hydroxyl groups excluding tert-OH is 1. The number of carbonyl (C=O) groups is 1. The van der Waals surface area contributed by atoms with Gasteiger partial charge in [-0.2, -0.15) is 0 Å². The first-order chi connectivity index (χ1) is 39.5. The fraction of sp³-hybridized carbons (Fsp3) is 0.847. The molecule has 0 heterocycles. The standard InChI is InChI=1S/C72H137N2O6P/c1-6-8-10-12-14-16-18-20-22-24-26-28-30-31-32-33-34-35-36-37-38-39-40-41-42-43-44-46-48-50-52-54-56-58-60-62-64-66-72(76)73-70(69-80-81(77,78)79-68-67-74(3,4)5)71(75)65-63-61-59-57-55-53-51-49-47-45-29-27-25-23-21-19-17-15-13-11-9-7-2/h18,20,24,26,47,49,55,57,63,65,70-71,75H,6-17,19,21-23,25,27-46,48,50-54,56,58-62,64,66-69H2,1-5H3,(H-,73,76,77,78)/b20-18-,26-24-,49-47+,57-55+,65-63+. The number of aliphatic hydroxyl groups is 1. The number of likely N-dealkylation sites (N-methyl/N-ethyl adjacent to an activating group) is 1. The number of hydrogen-bond donors (Lipinski definition) is 2. The van der Waals surface area contributed by atoms with Crippen molar-refractivity contribution < 1.29 is 32.9 Å². The second-order valence-corrected chi connectivity index (χ2v) is 26.6. The minimum Gasteiger partial charge on any atom is -0.756 e. The highest BCUT2D eigenvalue weighted by atomic mass is 31.2. The van der Waals surface area contributed by atoms with Crippen LogP contribution in [0.25, 0.3) is 0 Å². The van der Waals surface area contributed by atoms with Gasteiger partial charge in [0.15, 0.2) is 0 Å². The van der Waals surface area contributed by atoms with Crippen molar-refractivity contribution in [2.24, 2.45) is 0 Å². The van der Waals surface area contributed by atoms with Crippen molar-refractivity contribution in [2.75, 3.05) is 40.9 Å². The molecule has 8 nitrogen and oxygen atoms in total. The van der Waals surface area contributed by atoms with E-state index in [4.69, 9.17) is 9.05 Å². The van der Waals surface area contributed by atoms with Gasteiger partial charge in [-0.1, -0.05) is 319 Å². The summed E-state index contributed by atoms with van der Waals surface area (Å²) in [4.78, 5) is 25.6. The van der Waals surface area contributed by atoms with E-state index in [2.05, 4.69) is 67.8 Å². The third kappa shape index (κ3) is 65.6. The SMILES string of the molecule is CCCCCCC/C=C\C/C=C\CCCCCCCCCCCCCCCCCCCCCCCCCCCC(=O)NC(COP(=O)([O-])OCC[N+](C)(C)C)C(O)/C=C/CC/C=C/CC/C=C/CCCCCCCCCCCCCC. The molecule has 81 heavy (non-hydrogen) atoms. The van der Waals surface area contributed by atoms with E-state index in [0.717, 1.165) is 51.4 Å². The summed E-state index contributed by atoms with van der Waals surface area (Å²) >= 11 is 0. The number of phosphoric ester groups is 1. The number of nitrogens with zero attached hydrogens (tertiary/aromatic N) is 1. The average Bonchev–Trinajstić information content (AvgIpc) is 3.43. The maximum absolute atomic E-state index is 13.0. The van der Waals surface area contributed by atoms with Crippen molar-refractivity contribution in [2.45, 2.75) is 353 Å². The van der Waals surface area contributed by atoms with Crippen molar-refractivity contribution in [3.63, 3.8) is 0 Å². The monoisotopic (exact) mass is 1160 g/mol. The highest BCUT2D eigenvalue weighted by molar-refractivity contribution is 7.45. The van der Waals surface area contributed by atoms with Gasteiger partial charge in [-0.05, 0) is 77.0 Å². The van der Waals surface area contributed by atoms with E-state index < -0.39 is 26.6 Å². The van der Waals surface area contributed by atoms with Gasteiger partial charge in [0, 0.05) is 6.42 Å². The Hall–Kier alpha value is -1.80. The van der Waals surface area contributed by atoms with E-state index in [1.54, 1.807) is 6.08 Å². The molecular weight excluding hydrogens is 1020 g/mol. The summed E-state index contributed by atoms with van der Waals surface area (Å²) in [6.07, 6.45) is 86.4. The Bertz CT molecular complexity index is 1500. The lowest BCUT2D eigenvalue weighted by atomic mass is 10.0. The van der Waals surface area contributed by atoms with Gasteiger partial charge in [0.1, 0.15) is 13.2 Å². The zero-order valence-electron chi connectivity index (χ0n) is 54.5. The third-order valence-electron chi connectivity index (χ3n) is 15.9. The van der Waals surface area contributed by atoms with Crippen LogP contribution in [0.2, 0.25) is 0 Å². The number of rotatable bonds is 65. The molecule has 0 aromatic rings. The van der Waals surface area contributed by atoms with E-state index in [0.29, 0.717) is 17.4 Å². The lowest BCUT2D eigenvalue weighted by Gasteiger charge is -2.29. The molecule has 2 N–H and O–H groups in total. The summed E-state index contributed by atoms with van der Waals surface area (Å²) < 4.78 is 23.4. The second-order valence-electron chi connectivity index (χ2n) is 25.2. The Morgan fingerprint density at radius 2 is 0.728 bits per heavy atom. The van der Waals surface area contributed by atoms with Crippen molar-refractivity contribution in [3.05, 3.63) is 60.8 Å². The quantitative estimate of drug-likeness (QED) is 0.0272. The largest absolute Gasteiger partial charge is 0.756 e. The number of allylic oxidation sites excluding steroid dienone is 9. The molecule has 1 amide bonds. The first-order valence-corrected chi connectivity index (χ1v) is 36.6. The molecule has 0 saturated heterocycles. The maximum Gasteiger partial charge on any atom is 0.268 e. The molecule has 0 aliphatic rings. The summed E-state index contributed by atoms with van der Waals surface area (Å²) in [5, 5.41) is 13.9. The van der Waals surface area contributed by atoms with E-state index in [9.17, 15) is 19.4 Å². The zero-order valence-corrected chi connectivity index (χ0v) is 55.4. The van der Waals surface area contributed by atoms with E-state index in [1.807, 2.05) is 27.2 Å². The highest BCUT2D eigenvalue weighted by Gasteiger charge is 2.23. The first kappa shape index (κ1) is 79.2. The molecule has 3 unspecified atom stereocenters. The van der Waals surface area contributed by atoms with Crippen LogP contribution in [0, 0.1) is 0 Å². The van der Waals surface area contributed by atoms with Gasteiger partial charge < -0.3 is 28.8 Å². The summed E-state index contributed by atoms with van der Waals surface area (Å²) in [7, 11) is 1.25. The summed E-state index contributed by atoms with van der Waals surface area (Å²) in [6, 6.07) is -0.911. The van der Waals surface area contributed by atoms with Crippen LogP contribution in [0.1, 0.15) is 341 Å². The van der Waals surface area contributed by atoms with Crippen LogP contribution in [0.15, 0.2) is 60.8 Å². The average molecular weight is 1160 g/mol. The van der Waals surface area contributed by atoms with Gasteiger partial charge in [-0.15, -0.1) is 0 Å².